The zero-order valence-electron chi connectivity index (χ0n) is 8.35. The van der Waals surface area contributed by atoms with Crippen LogP contribution in [0.25, 0.3) is 0 Å². The maximum atomic E-state index is 9.67. The first-order valence-electron chi connectivity index (χ1n) is 4.72. The van der Waals surface area contributed by atoms with Gasteiger partial charge >= 0.3 is 0 Å². The molecular weight excluding hydrogens is 152 g/mol. The van der Waals surface area contributed by atoms with E-state index in [1.54, 1.807) is 0 Å². The molecule has 0 rings (SSSR count). The molecule has 0 aliphatic carbocycles. The predicted molar refractivity (Wildman–Crippen MR) is 53.5 cm³/mol. The summed E-state index contributed by atoms with van der Waals surface area (Å²) in [7, 11) is -1.27. The highest BCUT2D eigenvalue weighted by atomic mass is 28.3. The second-order valence-electron chi connectivity index (χ2n) is 4.02. The molecule has 0 radical (unpaired) electrons. The van der Waals surface area contributed by atoms with Crippen LogP contribution in [-0.2, 0) is 0 Å². The van der Waals surface area contributed by atoms with E-state index in [2.05, 4.69) is 26.9 Å². The van der Waals surface area contributed by atoms with Crippen molar-refractivity contribution in [2.75, 3.05) is 0 Å². The molecule has 0 amide bonds. The molecule has 0 heterocycles. The molecule has 0 aliphatic rings. The Morgan fingerprint density at radius 3 is 2.18 bits per heavy atom. The van der Waals surface area contributed by atoms with Gasteiger partial charge in [-0.3, -0.25) is 0 Å². The second kappa shape index (κ2) is 4.94. The molecule has 0 fully saturated rings. The Morgan fingerprint density at radius 1 is 1.27 bits per heavy atom. The summed E-state index contributed by atoms with van der Waals surface area (Å²) in [4.78, 5) is 0. The Morgan fingerprint density at radius 2 is 1.82 bits per heavy atom. The lowest BCUT2D eigenvalue weighted by atomic mass is 10.4. The molecule has 1 nitrogen and oxygen atoms in total. The normalized spacial score (nSPS) is 15.0. The lowest BCUT2D eigenvalue weighted by Gasteiger charge is -2.27. The molecule has 0 aromatic heterocycles. The zero-order valence-corrected chi connectivity index (χ0v) is 9.35. The molecule has 11 heavy (non-hydrogen) atoms. The first-order valence-corrected chi connectivity index (χ1v) is 8.01. The van der Waals surface area contributed by atoms with Gasteiger partial charge in [-0.1, -0.05) is 45.8 Å². The number of aliphatic hydroxyl groups excluding tert-OH is 1. The zero-order chi connectivity index (χ0) is 8.91. The summed E-state index contributed by atoms with van der Waals surface area (Å²) in [5.41, 5.74) is 0.00838. The summed E-state index contributed by atoms with van der Waals surface area (Å²) in [5.74, 6) is 0. The fourth-order valence-electron chi connectivity index (χ4n) is 1.35. The van der Waals surface area contributed by atoms with Crippen LogP contribution in [0.5, 0.6) is 0 Å². The Hall–Kier alpha value is 0.177. The van der Waals surface area contributed by atoms with Gasteiger partial charge in [0.15, 0.2) is 0 Å². The number of hydrogen-bond donors (Lipinski definition) is 1. The van der Waals surface area contributed by atoms with Gasteiger partial charge in [0.25, 0.3) is 0 Å². The molecule has 68 valence electrons. The van der Waals surface area contributed by atoms with Gasteiger partial charge in [-0.25, -0.2) is 0 Å². The molecule has 1 atom stereocenters. The summed E-state index contributed by atoms with van der Waals surface area (Å²) in [6, 6.07) is 1.28. The highest BCUT2D eigenvalue weighted by molar-refractivity contribution is 6.78. The van der Waals surface area contributed by atoms with Gasteiger partial charge in [0.05, 0.1) is 8.07 Å². The smallest absolute Gasteiger partial charge is 0.0811 e. The molecule has 0 aromatic carbocycles. The average Bonchev–Trinajstić information content (AvgIpc) is 1.99. The summed E-state index contributed by atoms with van der Waals surface area (Å²) >= 11 is 0. The van der Waals surface area contributed by atoms with Crippen molar-refractivity contribution in [2.45, 2.75) is 58.0 Å². The Kier molecular flexibility index (Phi) is 5.02. The van der Waals surface area contributed by atoms with Crippen molar-refractivity contribution in [1.29, 1.82) is 0 Å². The topological polar surface area (TPSA) is 20.2 Å². The van der Waals surface area contributed by atoms with Crippen molar-refractivity contribution in [3.05, 3.63) is 0 Å². The molecule has 0 bridgehead atoms. The van der Waals surface area contributed by atoms with Crippen molar-refractivity contribution in [2.24, 2.45) is 0 Å². The minimum absolute atomic E-state index is 0.00838. The standard InChI is InChI=1S/C9H22OSi/c1-5-7-8-11(3,4)9(10)6-2/h9-10H,5-8H2,1-4H3. The van der Waals surface area contributed by atoms with Gasteiger partial charge in [0, 0.05) is 5.73 Å². The van der Waals surface area contributed by atoms with Crippen LogP contribution in [0.4, 0.5) is 0 Å². The van der Waals surface area contributed by atoms with E-state index in [9.17, 15) is 5.11 Å². The van der Waals surface area contributed by atoms with E-state index in [4.69, 9.17) is 0 Å². The first kappa shape index (κ1) is 11.2. The maximum absolute atomic E-state index is 9.67. The van der Waals surface area contributed by atoms with Crippen LogP contribution in [0.1, 0.15) is 33.1 Å². The van der Waals surface area contributed by atoms with Crippen molar-refractivity contribution < 1.29 is 5.11 Å². The van der Waals surface area contributed by atoms with Crippen LogP contribution in [0.15, 0.2) is 0 Å². The molecule has 0 saturated heterocycles. The third-order valence-corrected chi connectivity index (χ3v) is 6.32. The van der Waals surface area contributed by atoms with Crippen LogP contribution in [0.2, 0.25) is 19.1 Å². The van der Waals surface area contributed by atoms with E-state index < -0.39 is 8.07 Å². The quantitative estimate of drug-likeness (QED) is 0.635. The number of hydrogen-bond acceptors (Lipinski definition) is 1. The molecule has 1 unspecified atom stereocenters. The molecule has 1 N–H and O–H groups in total. The van der Waals surface area contributed by atoms with Gasteiger partial charge in [0.1, 0.15) is 0 Å². The minimum Gasteiger partial charge on any atom is -0.397 e. The van der Waals surface area contributed by atoms with Gasteiger partial charge in [-0.15, -0.1) is 0 Å². The summed E-state index contributed by atoms with van der Waals surface area (Å²) < 4.78 is 0. The SMILES string of the molecule is CCCC[Si](C)(C)C(O)CC. The number of aliphatic hydroxyl groups is 1. The number of unbranched alkanes of at least 4 members (excludes halogenated alkanes) is 1. The van der Waals surface area contributed by atoms with Gasteiger partial charge in [-0.05, 0) is 6.42 Å². The van der Waals surface area contributed by atoms with Crippen LogP contribution in [0, 0.1) is 0 Å². The lowest BCUT2D eigenvalue weighted by Crippen LogP contribution is -2.40. The van der Waals surface area contributed by atoms with Crippen molar-refractivity contribution in [3.8, 4) is 0 Å². The highest BCUT2D eigenvalue weighted by Crippen LogP contribution is 2.19. The van der Waals surface area contributed by atoms with Gasteiger partial charge in [-0.2, -0.15) is 0 Å². The summed E-state index contributed by atoms with van der Waals surface area (Å²) in [6.45, 7) is 8.86. The van der Waals surface area contributed by atoms with Gasteiger partial charge in [0.2, 0.25) is 0 Å². The molecular formula is C9H22OSi. The molecule has 0 saturated carbocycles. The van der Waals surface area contributed by atoms with Crippen LogP contribution in [-0.4, -0.2) is 18.9 Å². The molecule has 2 heteroatoms. The van der Waals surface area contributed by atoms with Crippen molar-refractivity contribution in [3.63, 3.8) is 0 Å². The highest BCUT2D eigenvalue weighted by Gasteiger charge is 2.27. The van der Waals surface area contributed by atoms with E-state index in [1.165, 1.54) is 18.9 Å². The van der Waals surface area contributed by atoms with Crippen LogP contribution >= 0.6 is 0 Å². The van der Waals surface area contributed by atoms with Crippen LogP contribution in [0.3, 0.4) is 0 Å². The van der Waals surface area contributed by atoms with E-state index >= 15 is 0 Å². The monoisotopic (exact) mass is 174 g/mol. The predicted octanol–water partition coefficient (Wildman–Crippen LogP) is 2.81. The fraction of sp³-hybridized carbons (Fsp3) is 1.00. The molecule has 0 aliphatic heterocycles. The minimum atomic E-state index is -1.27. The lowest BCUT2D eigenvalue weighted by molar-refractivity contribution is 0.238. The third-order valence-electron chi connectivity index (χ3n) is 2.46. The van der Waals surface area contributed by atoms with Gasteiger partial charge < -0.3 is 5.11 Å². The Bertz CT molecular complexity index is 102. The maximum Gasteiger partial charge on any atom is 0.0811 e. The summed E-state index contributed by atoms with van der Waals surface area (Å²) in [6.07, 6.45) is 3.48. The largest absolute Gasteiger partial charge is 0.397 e. The van der Waals surface area contributed by atoms with E-state index in [-0.39, 0.29) is 5.73 Å². The van der Waals surface area contributed by atoms with Crippen molar-refractivity contribution >= 4 is 8.07 Å². The molecule has 0 aromatic rings. The van der Waals surface area contributed by atoms with E-state index in [0.717, 1.165) is 6.42 Å². The second-order valence-corrected chi connectivity index (χ2v) is 9.16. The number of rotatable bonds is 5. The van der Waals surface area contributed by atoms with Crippen molar-refractivity contribution in [1.82, 2.24) is 0 Å². The average molecular weight is 174 g/mol. The Labute approximate surface area is 71.8 Å². The Balaban J connectivity index is 3.77. The molecule has 0 spiro atoms. The van der Waals surface area contributed by atoms with E-state index in [0.29, 0.717) is 0 Å². The van der Waals surface area contributed by atoms with Crippen LogP contribution < -0.4 is 0 Å². The summed E-state index contributed by atoms with van der Waals surface area (Å²) in [5, 5.41) is 9.67. The third kappa shape index (κ3) is 3.92. The fourth-order valence-corrected chi connectivity index (χ4v) is 4.05. The van der Waals surface area contributed by atoms with E-state index in [1.807, 2.05) is 0 Å². The first-order chi connectivity index (χ1) is 5.04.